The molecular formula is C12H24N4O. The quantitative estimate of drug-likeness (QED) is 0.684. The second kappa shape index (κ2) is 6.59. The summed E-state index contributed by atoms with van der Waals surface area (Å²) in [4.78, 5) is 0. The summed E-state index contributed by atoms with van der Waals surface area (Å²) in [5.74, 6) is 0.635. The van der Waals surface area contributed by atoms with Gasteiger partial charge in [-0.25, -0.2) is 0 Å². The Balaban J connectivity index is 2.50. The molecule has 5 heteroatoms. The fourth-order valence-electron chi connectivity index (χ4n) is 1.43. The minimum absolute atomic E-state index is 0.0284. The molecule has 1 rings (SSSR count). The molecule has 0 amide bonds. The number of hydrogen-bond acceptors (Lipinski definition) is 5. The first-order valence-electron chi connectivity index (χ1n) is 6.44. The van der Waals surface area contributed by atoms with Crippen molar-refractivity contribution in [2.45, 2.75) is 59.0 Å². The van der Waals surface area contributed by atoms with E-state index in [2.05, 4.69) is 48.5 Å². The van der Waals surface area contributed by atoms with Gasteiger partial charge in [-0.3, -0.25) is 0 Å². The predicted molar refractivity (Wildman–Crippen MR) is 68.9 cm³/mol. The highest BCUT2D eigenvalue weighted by Gasteiger charge is 2.21. The van der Waals surface area contributed by atoms with Crippen molar-refractivity contribution in [3.8, 4) is 0 Å². The van der Waals surface area contributed by atoms with Crippen molar-refractivity contribution < 1.29 is 4.42 Å². The van der Waals surface area contributed by atoms with Crippen LogP contribution in [0.1, 0.15) is 52.8 Å². The summed E-state index contributed by atoms with van der Waals surface area (Å²) in [6, 6.07) is 0.518. The largest absolute Gasteiger partial charge is 0.407 e. The molecular weight excluding hydrogens is 216 g/mol. The number of hydrogen-bond donors (Lipinski definition) is 2. The molecule has 0 fully saturated rings. The summed E-state index contributed by atoms with van der Waals surface area (Å²) >= 11 is 0. The standard InChI is InChI=1S/C12H24N4O/c1-5-8-13-9-10-15-16-11(17-10)14-12(4,6-2)7-3/h13H,5-9H2,1-4H3,(H,14,16). The van der Waals surface area contributed by atoms with Crippen LogP contribution >= 0.6 is 0 Å². The molecule has 0 unspecified atom stereocenters. The normalized spacial score (nSPS) is 11.8. The van der Waals surface area contributed by atoms with Gasteiger partial charge >= 0.3 is 6.01 Å². The van der Waals surface area contributed by atoms with E-state index < -0.39 is 0 Å². The molecule has 98 valence electrons. The molecule has 0 aliphatic heterocycles. The number of nitrogens with one attached hydrogen (secondary N) is 2. The first-order chi connectivity index (χ1) is 8.13. The molecule has 0 saturated heterocycles. The summed E-state index contributed by atoms with van der Waals surface area (Å²) in [6.07, 6.45) is 3.15. The highest BCUT2D eigenvalue weighted by Crippen LogP contribution is 2.20. The van der Waals surface area contributed by atoms with Crippen LogP contribution in [-0.4, -0.2) is 22.3 Å². The van der Waals surface area contributed by atoms with Gasteiger partial charge in [0.15, 0.2) is 0 Å². The molecule has 0 saturated carbocycles. The molecule has 1 aromatic rings. The van der Waals surface area contributed by atoms with Crippen molar-refractivity contribution in [1.82, 2.24) is 15.5 Å². The zero-order valence-electron chi connectivity index (χ0n) is 11.3. The van der Waals surface area contributed by atoms with E-state index in [1.54, 1.807) is 0 Å². The van der Waals surface area contributed by atoms with Gasteiger partial charge in [0.05, 0.1) is 6.54 Å². The van der Waals surface area contributed by atoms with Gasteiger partial charge < -0.3 is 15.1 Å². The van der Waals surface area contributed by atoms with Crippen molar-refractivity contribution in [2.24, 2.45) is 0 Å². The summed E-state index contributed by atoms with van der Waals surface area (Å²) in [6.45, 7) is 10.2. The van der Waals surface area contributed by atoms with E-state index >= 15 is 0 Å². The lowest BCUT2D eigenvalue weighted by Gasteiger charge is -2.26. The predicted octanol–water partition coefficient (Wildman–Crippen LogP) is 2.56. The second-order valence-corrected chi connectivity index (χ2v) is 4.57. The average molecular weight is 240 g/mol. The maximum Gasteiger partial charge on any atom is 0.315 e. The minimum Gasteiger partial charge on any atom is -0.407 e. The van der Waals surface area contributed by atoms with E-state index in [-0.39, 0.29) is 5.54 Å². The Labute approximate surface area is 103 Å². The number of anilines is 1. The molecule has 0 aromatic carbocycles. The Morgan fingerprint density at radius 1 is 1.18 bits per heavy atom. The van der Waals surface area contributed by atoms with E-state index in [9.17, 15) is 0 Å². The van der Waals surface area contributed by atoms with Crippen LogP contribution in [0.25, 0.3) is 0 Å². The van der Waals surface area contributed by atoms with Crippen LogP contribution in [0.15, 0.2) is 4.42 Å². The van der Waals surface area contributed by atoms with E-state index in [4.69, 9.17) is 4.42 Å². The number of nitrogens with zero attached hydrogens (tertiary/aromatic N) is 2. The maximum atomic E-state index is 5.53. The Kier molecular flexibility index (Phi) is 5.41. The Hall–Kier alpha value is -1.10. The van der Waals surface area contributed by atoms with E-state index in [1.165, 1.54) is 0 Å². The van der Waals surface area contributed by atoms with Crippen LogP contribution < -0.4 is 10.6 Å². The minimum atomic E-state index is 0.0284. The first kappa shape index (κ1) is 14.0. The van der Waals surface area contributed by atoms with Gasteiger partial charge in [-0.15, -0.1) is 5.10 Å². The summed E-state index contributed by atoms with van der Waals surface area (Å²) in [5, 5.41) is 14.5. The van der Waals surface area contributed by atoms with Crippen LogP contribution in [0, 0.1) is 0 Å². The lowest BCUT2D eigenvalue weighted by Crippen LogP contribution is -2.33. The van der Waals surface area contributed by atoms with Gasteiger partial charge in [-0.05, 0) is 32.7 Å². The highest BCUT2D eigenvalue weighted by molar-refractivity contribution is 5.23. The van der Waals surface area contributed by atoms with Crippen molar-refractivity contribution in [3.63, 3.8) is 0 Å². The monoisotopic (exact) mass is 240 g/mol. The fourth-order valence-corrected chi connectivity index (χ4v) is 1.43. The number of rotatable bonds is 8. The first-order valence-corrected chi connectivity index (χ1v) is 6.44. The van der Waals surface area contributed by atoms with Crippen molar-refractivity contribution in [1.29, 1.82) is 0 Å². The third kappa shape index (κ3) is 4.34. The maximum absolute atomic E-state index is 5.53. The highest BCUT2D eigenvalue weighted by atomic mass is 16.4. The molecule has 5 nitrogen and oxygen atoms in total. The second-order valence-electron chi connectivity index (χ2n) is 4.57. The van der Waals surface area contributed by atoms with Crippen LogP contribution in [-0.2, 0) is 6.54 Å². The molecule has 0 bridgehead atoms. The summed E-state index contributed by atoms with van der Waals surface area (Å²) in [5.41, 5.74) is 0.0284. The summed E-state index contributed by atoms with van der Waals surface area (Å²) < 4.78 is 5.53. The third-order valence-electron chi connectivity index (χ3n) is 3.14. The van der Waals surface area contributed by atoms with Gasteiger partial charge in [0.25, 0.3) is 0 Å². The smallest absolute Gasteiger partial charge is 0.315 e. The molecule has 1 aromatic heterocycles. The van der Waals surface area contributed by atoms with Crippen LogP contribution in [0.4, 0.5) is 6.01 Å². The van der Waals surface area contributed by atoms with Crippen molar-refractivity contribution in [3.05, 3.63) is 5.89 Å². The molecule has 0 aliphatic carbocycles. The lowest BCUT2D eigenvalue weighted by atomic mass is 9.96. The molecule has 0 aliphatic rings. The Bertz CT molecular complexity index is 320. The van der Waals surface area contributed by atoms with Gasteiger partial charge in [0, 0.05) is 5.54 Å². The molecule has 0 atom stereocenters. The van der Waals surface area contributed by atoms with E-state index in [0.717, 1.165) is 25.8 Å². The van der Waals surface area contributed by atoms with Gasteiger partial charge in [0.1, 0.15) is 0 Å². The fraction of sp³-hybridized carbons (Fsp3) is 0.833. The molecule has 0 radical (unpaired) electrons. The topological polar surface area (TPSA) is 63.0 Å². The molecule has 17 heavy (non-hydrogen) atoms. The van der Waals surface area contributed by atoms with E-state index in [0.29, 0.717) is 18.5 Å². The third-order valence-corrected chi connectivity index (χ3v) is 3.14. The van der Waals surface area contributed by atoms with Gasteiger partial charge in [0.2, 0.25) is 5.89 Å². The molecule has 1 heterocycles. The number of aromatic nitrogens is 2. The SMILES string of the molecule is CCCNCc1nnc(NC(C)(CC)CC)o1. The van der Waals surface area contributed by atoms with Gasteiger partial charge in [-0.2, -0.15) is 0 Å². The van der Waals surface area contributed by atoms with E-state index in [1.807, 2.05) is 0 Å². The van der Waals surface area contributed by atoms with Crippen LogP contribution in [0.5, 0.6) is 0 Å². The van der Waals surface area contributed by atoms with Gasteiger partial charge in [-0.1, -0.05) is 25.9 Å². The van der Waals surface area contributed by atoms with Crippen molar-refractivity contribution in [2.75, 3.05) is 11.9 Å². The van der Waals surface area contributed by atoms with Crippen molar-refractivity contribution >= 4 is 6.01 Å². The lowest BCUT2D eigenvalue weighted by molar-refractivity contribution is 0.431. The summed E-state index contributed by atoms with van der Waals surface area (Å²) in [7, 11) is 0. The zero-order valence-corrected chi connectivity index (χ0v) is 11.3. The Morgan fingerprint density at radius 2 is 1.88 bits per heavy atom. The molecule has 2 N–H and O–H groups in total. The molecule has 0 spiro atoms. The Morgan fingerprint density at radius 3 is 2.47 bits per heavy atom. The van der Waals surface area contributed by atoms with Crippen LogP contribution in [0.2, 0.25) is 0 Å². The van der Waals surface area contributed by atoms with Crippen LogP contribution in [0.3, 0.4) is 0 Å². The zero-order chi connectivity index (χ0) is 12.7. The average Bonchev–Trinajstić information content (AvgIpc) is 2.77.